The molecule has 0 aliphatic carbocycles. The van der Waals surface area contributed by atoms with Crippen LogP contribution in [0.2, 0.25) is 0 Å². The van der Waals surface area contributed by atoms with Crippen molar-refractivity contribution in [3.8, 4) is 17.6 Å². The van der Waals surface area contributed by atoms with Crippen LogP contribution in [-0.4, -0.2) is 42.3 Å². The average Bonchev–Trinajstić information content (AvgIpc) is 2.93. The third-order valence-corrected chi connectivity index (χ3v) is 5.89. The molecule has 1 fully saturated rings. The summed E-state index contributed by atoms with van der Waals surface area (Å²) in [7, 11) is 0. The lowest BCUT2D eigenvalue weighted by molar-refractivity contribution is -0.137. The molecule has 1 aromatic heterocycles. The number of amides is 2. The van der Waals surface area contributed by atoms with Crippen LogP contribution in [0.3, 0.4) is 0 Å². The number of aromatic nitrogens is 2. The lowest BCUT2D eigenvalue weighted by atomic mass is 10.1. The Morgan fingerprint density at radius 2 is 1.64 bits per heavy atom. The lowest BCUT2D eigenvalue weighted by Crippen LogP contribution is -2.36. The third kappa shape index (κ3) is 6.16. The zero-order chi connectivity index (χ0) is 27.4. The maximum absolute atomic E-state index is 13.2. The molecule has 2 heterocycles. The molecule has 12 heteroatoms. The first-order chi connectivity index (χ1) is 18.8. The summed E-state index contributed by atoms with van der Waals surface area (Å²) in [5, 5.41) is 13.8. The fourth-order valence-electron chi connectivity index (χ4n) is 3.98. The van der Waals surface area contributed by atoms with Crippen LogP contribution in [0.4, 0.5) is 35.2 Å². The fourth-order valence-corrected chi connectivity index (χ4v) is 3.98. The summed E-state index contributed by atoms with van der Waals surface area (Å²) in [5.74, 6) is 1.82. The summed E-state index contributed by atoms with van der Waals surface area (Å²) in [6.45, 7) is 2.78. The molecule has 9 nitrogen and oxygen atoms in total. The van der Waals surface area contributed by atoms with Crippen LogP contribution in [0.15, 0.2) is 66.9 Å². The van der Waals surface area contributed by atoms with Crippen LogP contribution in [0.1, 0.15) is 11.1 Å². The van der Waals surface area contributed by atoms with E-state index in [0.29, 0.717) is 42.0 Å². The van der Waals surface area contributed by atoms with Crippen molar-refractivity contribution in [2.24, 2.45) is 0 Å². The number of alkyl halides is 3. The van der Waals surface area contributed by atoms with Gasteiger partial charge in [0.15, 0.2) is 0 Å². The van der Waals surface area contributed by atoms with Gasteiger partial charge in [-0.05, 0) is 54.6 Å². The number of carbonyl (C=O) groups excluding carboxylic acids is 1. The molecule has 5 rings (SSSR count). The number of rotatable bonds is 5. The minimum absolute atomic E-state index is 0.102. The van der Waals surface area contributed by atoms with E-state index >= 15 is 0 Å². The molecule has 0 unspecified atom stereocenters. The SMILES string of the molecule is N#Cc1ccc(NC(=O)Nc2ccc(Oc3ccc4ncc(N5CCOCC5)nc4c3)cc2)cc1C(F)(F)F. The highest BCUT2D eigenvalue weighted by Gasteiger charge is 2.34. The fraction of sp³-hybridized carbons (Fsp3) is 0.185. The molecule has 0 spiro atoms. The van der Waals surface area contributed by atoms with Gasteiger partial charge in [-0.3, -0.25) is 4.98 Å². The second kappa shape index (κ2) is 10.8. The zero-order valence-electron chi connectivity index (χ0n) is 20.3. The zero-order valence-corrected chi connectivity index (χ0v) is 20.3. The summed E-state index contributed by atoms with van der Waals surface area (Å²) in [6, 6.07) is 15.5. The average molecular weight is 534 g/mol. The van der Waals surface area contributed by atoms with E-state index in [4.69, 9.17) is 19.7 Å². The molecule has 0 radical (unpaired) electrons. The van der Waals surface area contributed by atoms with Gasteiger partial charge in [0.05, 0.1) is 47.6 Å². The van der Waals surface area contributed by atoms with E-state index in [2.05, 4.69) is 20.5 Å². The number of hydrogen-bond donors (Lipinski definition) is 2. The first kappa shape index (κ1) is 25.7. The quantitative estimate of drug-likeness (QED) is 0.333. The van der Waals surface area contributed by atoms with Gasteiger partial charge in [0.25, 0.3) is 0 Å². The summed E-state index contributed by atoms with van der Waals surface area (Å²) in [4.78, 5) is 23.6. The Kier molecular flexibility index (Phi) is 7.16. The Labute approximate surface area is 220 Å². The predicted octanol–water partition coefficient (Wildman–Crippen LogP) is 5.79. The summed E-state index contributed by atoms with van der Waals surface area (Å²) < 4.78 is 50.8. The second-order valence-corrected chi connectivity index (χ2v) is 8.55. The molecule has 0 bridgehead atoms. The van der Waals surface area contributed by atoms with Gasteiger partial charge in [-0.25, -0.2) is 9.78 Å². The molecular formula is C27H21F3N6O3. The molecule has 2 N–H and O–H groups in total. The molecule has 1 saturated heterocycles. The van der Waals surface area contributed by atoms with Gasteiger partial charge in [-0.1, -0.05) is 0 Å². The number of benzene rings is 3. The number of nitrogens with one attached hydrogen (secondary N) is 2. The van der Waals surface area contributed by atoms with Crippen molar-refractivity contribution in [2.45, 2.75) is 6.18 Å². The summed E-state index contributed by atoms with van der Waals surface area (Å²) in [6.07, 6.45) is -2.98. The number of carbonyl (C=O) groups is 1. The summed E-state index contributed by atoms with van der Waals surface area (Å²) >= 11 is 0. The van der Waals surface area contributed by atoms with E-state index in [1.165, 1.54) is 12.1 Å². The van der Waals surface area contributed by atoms with E-state index in [-0.39, 0.29) is 5.69 Å². The number of anilines is 3. The highest BCUT2D eigenvalue weighted by molar-refractivity contribution is 5.99. The van der Waals surface area contributed by atoms with Crippen molar-refractivity contribution in [1.29, 1.82) is 5.26 Å². The smallest absolute Gasteiger partial charge is 0.417 e. The van der Waals surface area contributed by atoms with Gasteiger partial charge in [-0.15, -0.1) is 0 Å². The Hall–Kier alpha value is -4.89. The topological polar surface area (TPSA) is 112 Å². The number of ether oxygens (including phenoxy) is 2. The van der Waals surface area contributed by atoms with Gasteiger partial charge >= 0.3 is 12.2 Å². The molecule has 39 heavy (non-hydrogen) atoms. The first-order valence-corrected chi connectivity index (χ1v) is 11.9. The monoisotopic (exact) mass is 534 g/mol. The van der Waals surface area contributed by atoms with Gasteiger partial charge in [0.1, 0.15) is 17.3 Å². The third-order valence-electron chi connectivity index (χ3n) is 5.89. The van der Waals surface area contributed by atoms with Gasteiger partial charge in [0, 0.05) is 30.5 Å². The molecule has 4 aromatic rings. The van der Waals surface area contributed by atoms with Crippen LogP contribution in [0.25, 0.3) is 11.0 Å². The van der Waals surface area contributed by atoms with E-state index < -0.39 is 23.3 Å². The molecule has 3 aromatic carbocycles. The molecule has 2 amide bonds. The van der Waals surface area contributed by atoms with Gasteiger partial charge in [0.2, 0.25) is 0 Å². The number of nitrogens with zero attached hydrogens (tertiary/aromatic N) is 4. The minimum atomic E-state index is -4.72. The maximum Gasteiger partial charge on any atom is 0.417 e. The number of hydrogen-bond acceptors (Lipinski definition) is 7. The Balaban J connectivity index is 1.23. The van der Waals surface area contributed by atoms with Gasteiger partial charge < -0.3 is 25.0 Å². The molecule has 0 saturated carbocycles. The number of halogens is 3. The van der Waals surface area contributed by atoms with Gasteiger partial charge in [-0.2, -0.15) is 18.4 Å². The van der Waals surface area contributed by atoms with Crippen molar-refractivity contribution in [1.82, 2.24) is 9.97 Å². The highest BCUT2D eigenvalue weighted by Crippen LogP contribution is 2.33. The Morgan fingerprint density at radius 3 is 2.36 bits per heavy atom. The number of fused-ring (bicyclic) bond motifs is 1. The molecule has 198 valence electrons. The highest BCUT2D eigenvalue weighted by atomic mass is 19.4. The largest absolute Gasteiger partial charge is 0.457 e. The Morgan fingerprint density at radius 1 is 0.949 bits per heavy atom. The molecule has 1 aliphatic heterocycles. The number of morpholine rings is 1. The normalized spacial score (nSPS) is 13.5. The number of urea groups is 1. The van der Waals surface area contributed by atoms with Crippen LogP contribution in [-0.2, 0) is 10.9 Å². The van der Waals surface area contributed by atoms with E-state index in [0.717, 1.165) is 30.5 Å². The lowest BCUT2D eigenvalue weighted by Gasteiger charge is -2.27. The Bertz CT molecular complexity index is 1550. The van der Waals surface area contributed by atoms with E-state index in [1.54, 1.807) is 42.6 Å². The van der Waals surface area contributed by atoms with Crippen LogP contribution in [0.5, 0.6) is 11.5 Å². The van der Waals surface area contributed by atoms with Crippen LogP contribution >= 0.6 is 0 Å². The predicted molar refractivity (Wildman–Crippen MR) is 138 cm³/mol. The molecular weight excluding hydrogens is 513 g/mol. The maximum atomic E-state index is 13.2. The molecule has 1 aliphatic rings. The standard InChI is InChI=1S/C27H21F3N6O3/c28-27(29,30)22-13-19(2-1-17(22)15-31)34-26(37)33-18-3-5-20(6-4-18)39-21-7-8-23-24(14-21)35-25(16-32-23)36-9-11-38-12-10-36/h1-8,13-14,16H,9-12H2,(H2,33,34,37). The van der Waals surface area contributed by atoms with Crippen LogP contribution < -0.4 is 20.3 Å². The van der Waals surface area contributed by atoms with E-state index in [9.17, 15) is 18.0 Å². The minimum Gasteiger partial charge on any atom is -0.457 e. The second-order valence-electron chi connectivity index (χ2n) is 8.55. The van der Waals surface area contributed by atoms with Crippen molar-refractivity contribution in [3.05, 3.63) is 78.0 Å². The van der Waals surface area contributed by atoms with E-state index in [1.807, 2.05) is 6.07 Å². The van der Waals surface area contributed by atoms with Crippen molar-refractivity contribution in [3.63, 3.8) is 0 Å². The summed E-state index contributed by atoms with van der Waals surface area (Å²) in [5.41, 5.74) is 0.0536. The van der Waals surface area contributed by atoms with Crippen molar-refractivity contribution < 1.29 is 27.4 Å². The van der Waals surface area contributed by atoms with Crippen molar-refractivity contribution >= 4 is 34.3 Å². The number of nitriles is 1. The molecule has 0 atom stereocenters. The first-order valence-electron chi connectivity index (χ1n) is 11.9. The van der Waals surface area contributed by atoms with Crippen LogP contribution in [0, 0.1) is 11.3 Å². The van der Waals surface area contributed by atoms with Crippen molar-refractivity contribution in [2.75, 3.05) is 41.8 Å².